The number of hydrogen-bond donors (Lipinski definition) is 1. The van der Waals surface area contributed by atoms with Crippen LogP contribution in [-0.4, -0.2) is 43.5 Å². The molecular weight excluding hydrogens is 346 g/mol. The number of rotatable bonds is 5. The van der Waals surface area contributed by atoms with Gasteiger partial charge in [0.1, 0.15) is 0 Å². The van der Waals surface area contributed by atoms with Gasteiger partial charge in [-0.3, -0.25) is 4.79 Å². The van der Waals surface area contributed by atoms with Crippen molar-refractivity contribution >= 4 is 28.9 Å². The lowest BCUT2D eigenvalue weighted by Gasteiger charge is -2.36. The van der Waals surface area contributed by atoms with Crippen LogP contribution in [0.4, 0.5) is 11.4 Å². The molecule has 3 rings (SSSR count). The van der Waals surface area contributed by atoms with Crippen molar-refractivity contribution in [3.05, 3.63) is 59.1 Å². The molecule has 138 valence electrons. The Balaban J connectivity index is 1.53. The third kappa shape index (κ3) is 4.50. The van der Waals surface area contributed by atoms with Gasteiger partial charge in [-0.1, -0.05) is 49.7 Å². The number of benzene rings is 2. The van der Waals surface area contributed by atoms with E-state index in [1.807, 2.05) is 41.3 Å². The molecule has 1 N–H and O–H groups in total. The van der Waals surface area contributed by atoms with Gasteiger partial charge in [-0.15, -0.1) is 0 Å². The highest BCUT2D eigenvalue weighted by atomic mass is 35.5. The van der Waals surface area contributed by atoms with Gasteiger partial charge in [-0.05, 0) is 35.7 Å². The molecule has 4 nitrogen and oxygen atoms in total. The minimum atomic E-state index is 0.148. The summed E-state index contributed by atoms with van der Waals surface area (Å²) < 4.78 is 0. The van der Waals surface area contributed by atoms with E-state index in [1.54, 1.807) is 0 Å². The highest BCUT2D eigenvalue weighted by Crippen LogP contribution is 2.24. The van der Waals surface area contributed by atoms with Crippen molar-refractivity contribution in [2.24, 2.45) is 0 Å². The van der Waals surface area contributed by atoms with E-state index in [-0.39, 0.29) is 5.91 Å². The van der Waals surface area contributed by atoms with E-state index in [0.717, 1.165) is 42.6 Å². The predicted molar refractivity (Wildman–Crippen MR) is 109 cm³/mol. The molecule has 1 saturated heterocycles. The quantitative estimate of drug-likeness (QED) is 0.854. The Bertz CT molecular complexity index is 754. The first-order valence-electron chi connectivity index (χ1n) is 9.15. The van der Waals surface area contributed by atoms with E-state index in [1.165, 1.54) is 5.56 Å². The molecule has 0 bridgehead atoms. The number of carbonyl (C=O) groups is 1. The van der Waals surface area contributed by atoms with Gasteiger partial charge >= 0.3 is 0 Å². The third-order valence-corrected chi connectivity index (χ3v) is 5.05. The molecule has 0 saturated carbocycles. The zero-order valence-electron chi connectivity index (χ0n) is 15.4. The van der Waals surface area contributed by atoms with E-state index in [4.69, 9.17) is 11.6 Å². The van der Waals surface area contributed by atoms with E-state index in [9.17, 15) is 4.79 Å². The molecule has 2 aromatic rings. The van der Waals surface area contributed by atoms with Crippen LogP contribution in [0.15, 0.2) is 48.5 Å². The van der Waals surface area contributed by atoms with Crippen molar-refractivity contribution in [1.82, 2.24) is 4.90 Å². The Morgan fingerprint density at radius 2 is 1.81 bits per heavy atom. The Kier molecular flexibility index (Phi) is 6.04. The Labute approximate surface area is 160 Å². The topological polar surface area (TPSA) is 35.6 Å². The first kappa shape index (κ1) is 18.6. The molecule has 1 fully saturated rings. The minimum Gasteiger partial charge on any atom is -0.376 e. The van der Waals surface area contributed by atoms with Crippen LogP contribution in [0.5, 0.6) is 0 Å². The maximum absolute atomic E-state index is 12.6. The SMILES string of the molecule is CC(C)c1ccccc1NCC(=O)N1CCN(c2cccc(Cl)c2)CC1. The van der Waals surface area contributed by atoms with Gasteiger partial charge < -0.3 is 15.1 Å². The van der Waals surface area contributed by atoms with Crippen LogP contribution in [0.25, 0.3) is 0 Å². The molecule has 0 atom stereocenters. The number of piperazine rings is 1. The first-order valence-corrected chi connectivity index (χ1v) is 9.53. The summed E-state index contributed by atoms with van der Waals surface area (Å²) in [6.07, 6.45) is 0. The largest absolute Gasteiger partial charge is 0.376 e. The van der Waals surface area contributed by atoms with Crippen LogP contribution in [0.3, 0.4) is 0 Å². The molecule has 0 unspecified atom stereocenters. The minimum absolute atomic E-state index is 0.148. The Morgan fingerprint density at radius 3 is 2.50 bits per heavy atom. The zero-order chi connectivity index (χ0) is 18.5. The number of amides is 1. The van der Waals surface area contributed by atoms with E-state index >= 15 is 0 Å². The summed E-state index contributed by atoms with van der Waals surface area (Å²) >= 11 is 6.08. The Hall–Kier alpha value is -2.20. The van der Waals surface area contributed by atoms with Gasteiger partial charge in [0.05, 0.1) is 6.54 Å². The molecule has 0 spiro atoms. The van der Waals surface area contributed by atoms with Crippen LogP contribution in [0.1, 0.15) is 25.3 Å². The summed E-state index contributed by atoms with van der Waals surface area (Å²) in [4.78, 5) is 16.8. The number of para-hydroxylation sites is 1. The van der Waals surface area contributed by atoms with Crippen molar-refractivity contribution in [2.75, 3.05) is 42.9 Å². The third-order valence-electron chi connectivity index (χ3n) is 4.82. The number of hydrogen-bond acceptors (Lipinski definition) is 3. The lowest BCUT2D eigenvalue weighted by molar-refractivity contribution is -0.129. The monoisotopic (exact) mass is 371 g/mol. The molecule has 0 aromatic heterocycles. The molecule has 0 aliphatic carbocycles. The van der Waals surface area contributed by atoms with Gasteiger partial charge in [0.15, 0.2) is 0 Å². The molecule has 1 aliphatic heterocycles. The van der Waals surface area contributed by atoms with Crippen molar-refractivity contribution in [2.45, 2.75) is 19.8 Å². The molecule has 5 heteroatoms. The second-order valence-electron chi connectivity index (χ2n) is 6.94. The molecule has 26 heavy (non-hydrogen) atoms. The summed E-state index contributed by atoms with van der Waals surface area (Å²) in [7, 11) is 0. The highest BCUT2D eigenvalue weighted by molar-refractivity contribution is 6.30. The van der Waals surface area contributed by atoms with Gasteiger partial charge in [0, 0.05) is 42.6 Å². The molecule has 2 aromatic carbocycles. The average Bonchev–Trinajstić information content (AvgIpc) is 2.66. The molecule has 1 amide bonds. The number of nitrogens with one attached hydrogen (secondary N) is 1. The summed E-state index contributed by atoms with van der Waals surface area (Å²) in [6, 6.07) is 16.1. The van der Waals surface area contributed by atoms with E-state index in [0.29, 0.717) is 12.5 Å². The number of nitrogens with zero attached hydrogens (tertiary/aromatic N) is 2. The number of halogens is 1. The van der Waals surface area contributed by atoms with Crippen LogP contribution in [0.2, 0.25) is 5.02 Å². The number of carbonyl (C=O) groups excluding carboxylic acids is 1. The fourth-order valence-corrected chi connectivity index (χ4v) is 3.52. The average molecular weight is 372 g/mol. The van der Waals surface area contributed by atoms with Gasteiger partial charge in [0.25, 0.3) is 0 Å². The van der Waals surface area contributed by atoms with Gasteiger partial charge in [0.2, 0.25) is 5.91 Å². The fraction of sp³-hybridized carbons (Fsp3) is 0.381. The van der Waals surface area contributed by atoms with Crippen molar-refractivity contribution in [3.63, 3.8) is 0 Å². The molecule has 1 aliphatic rings. The lowest BCUT2D eigenvalue weighted by atomic mass is 10.0. The molecular formula is C21H26ClN3O. The van der Waals surface area contributed by atoms with Crippen LogP contribution >= 0.6 is 11.6 Å². The second-order valence-corrected chi connectivity index (χ2v) is 7.38. The summed E-state index contributed by atoms with van der Waals surface area (Å²) in [5.41, 5.74) is 3.41. The first-order chi connectivity index (χ1) is 12.5. The predicted octanol–water partition coefficient (Wildman–Crippen LogP) is 4.22. The van der Waals surface area contributed by atoms with Gasteiger partial charge in [-0.25, -0.2) is 0 Å². The van der Waals surface area contributed by atoms with E-state index < -0.39 is 0 Å². The normalized spacial score (nSPS) is 14.6. The highest BCUT2D eigenvalue weighted by Gasteiger charge is 2.21. The number of anilines is 2. The summed E-state index contributed by atoms with van der Waals surface area (Å²) in [5.74, 6) is 0.573. The van der Waals surface area contributed by atoms with Crippen LogP contribution in [-0.2, 0) is 4.79 Å². The fourth-order valence-electron chi connectivity index (χ4n) is 3.33. The molecule has 0 radical (unpaired) electrons. The second kappa shape index (κ2) is 8.45. The lowest BCUT2D eigenvalue weighted by Crippen LogP contribution is -2.50. The standard InChI is InChI=1S/C21H26ClN3O/c1-16(2)19-8-3-4-9-20(19)23-15-21(26)25-12-10-24(11-13-25)18-7-5-6-17(22)14-18/h3-9,14,16,23H,10-13,15H2,1-2H3. The summed E-state index contributed by atoms with van der Waals surface area (Å²) in [5, 5.41) is 4.06. The van der Waals surface area contributed by atoms with Crippen molar-refractivity contribution in [1.29, 1.82) is 0 Å². The maximum atomic E-state index is 12.6. The van der Waals surface area contributed by atoms with Crippen LogP contribution in [0, 0.1) is 0 Å². The van der Waals surface area contributed by atoms with Gasteiger partial charge in [-0.2, -0.15) is 0 Å². The summed E-state index contributed by atoms with van der Waals surface area (Å²) in [6.45, 7) is 7.79. The van der Waals surface area contributed by atoms with Crippen LogP contribution < -0.4 is 10.2 Å². The van der Waals surface area contributed by atoms with E-state index in [2.05, 4.69) is 36.2 Å². The van der Waals surface area contributed by atoms with Crippen molar-refractivity contribution < 1.29 is 4.79 Å². The maximum Gasteiger partial charge on any atom is 0.241 e. The van der Waals surface area contributed by atoms with Crippen molar-refractivity contribution in [3.8, 4) is 0 Å². The Morgan fingerprint density at radius 1 is 1.08 bits per heavy atom. The molecule has 1 heterocycles. The smallest absolute Gasteiger partial charge is 0.241 e. The zero-order valence-corrected chi connectivity index (χ0v) is 16.2.